The van der Waals surface area contributed by atoms with E-state index in [0.717, 1.165) is 22.5 Å². The van der Waals surface area contributed by atoms with E-state index < -0.39 is 0 Å². The number of rotatable bonds is 4. The topological polar surface area (TPSA) is 99.1 Å². The van der Waals surface area contributed by atoms with Crippen LogP contribution in [0, 0.1) is 18.3 Å². The first kappa shape index (κ1) is 17.5. The molecule has 0 bridgehead atoms. The average Bonchev–Trinajstić information content (AvgIpc) is 3.14. The van der Waals surface area contributed by atoms with E-state index in [1.54, 1.807) is 18.3 Å². The molecule has 0 aliphatic heterocycles. The third-order valence-electron chi connectivity index (χ3n) is 4.62. The second-order valence-electron chi connectivity index (χ2n) is 6.55. The SMILES string of the molecule is Cc1cccn2c(-c3nc(NC(C)c4ccc(O)cc4)ncc3C#N)cnc12. The van der Waals surface area contributed by atoms with Crippen LogP contribution in [0.4, 0.5) is 5.95 Å². The number of hydrogen-bond acceptors (Lipinski definition) is 6. The summed E-state index contributed by atoms with van der Waals surface area (Å²) in [6, 6.07) is 13.0. The fraction of sp³-hybridized carbons (Fsp3) is 0.143. The van der Waals surface area contributed by atoms with Gasteiger partial charge in [0, 0.05) is 6.20 Å². The van der Waals surface area contributed by atoms with E-state index in [2.05, 4.69) is 26.3 Å². The molecule has 1 aromatic carbocycles. The standard InChI is InChI=1S/C21H18N6O/c1-13-4-3-9-27-18(12-23-20(13)27)19-16(10-22)11-24-21(26-19)25-14(2)15-5-7-17(28)8-6-15/h3-9,11-12,14,28H,1-2H3,(H,24,25,26). The van der Waals surface area contributed by atoms with Crippen LogP contribution in [-0.4, -0.2) is 24.5 Å². The summed E-state index contributed by atoms with van der Waals surface area (Å²) in [5.74, 6) is 0.632. The molecule has 0 saturated carbocycles. The number of nitrogens with one attached hydrogen (secondary N) is 1. The van der Waals surface area contributed by atoms with Gasteiger partial charge in [0.25, 0.3) is 0 Å². The van der Waals surface area contributed by atoms with Gasteiger partial charge in [-0.15, -0.1) is 0 Å². The van der Waals surface area contributed by atoms with Gasteiger partial charge in [0.05, 0.1) is 29.7 Å². The van der Waals surface area contributed by atoms with Crippen LogP contribution in [0.2, 0.25) is 0 Å². The molecule has 2 N–H and O–H groups in total. The van der Waals surface area contributed by atoms with Gasteiger partial charge in [-0.2, -0.15) is 5.26 Å². The molecule has 1 unspecified atom stereocenters. The molecule has 7 heteroatoms. The van der Waals surface area contributed by atoms with Gasteiger partial charge in [0.1, 0.15) is 23.2 Å². The van der Waals surface area contributed by atoms with Crippen molar-refractivity contribution in [3.8, 4) is 23.2 Å². The Morgan fingerprint density at radius 1 is 1.14 bits per heavy atom. The van der Waals surface area contributed by atoms with Crippen molar-refractivity contribution in [1.29, 1.82) is 5.26 Å². The van der Waals surface area contributed by atoms with E-state index >= 15 is 0 Å². The summed E-state index contributed by atoms with van der Waals surface area (Å²) in [6.45, 7) is 3.97. The minimum Gasteiger partial charge on any atom is -0.508 e. The molecule has 0 amide bonds. The van der Waals surface area contributed by atoms with Crippen LogP contribution in [0.5, 0.6) is 5.75 Å². The second kappa shape index (κ2) is 7.00. The van der Waals surface area contributed by atoms with Crippen LogP contribution < -0.4 is 5.32 Å². The maximum Gasteiger partial charge on any atom is 0.223 e. The highest BCUT2D eigenvalue weighted by molar-refractivity contribution is 5.68. The molecule has 3 aromatic heterocycles. The predicted molar refractivity (Wildman–Crippen MR) is 106 cm³/mol. The highest BCUT2D eigenvalue weighted by atomic mass is 16.3. The number of hydrogen-bond donors (Lipinski definition) is 2. The largest absolute Gasteiger partial charge is 0.508 e. The summed E-state index contributed by atoms with van der Waals surface area (Å²) < 4.78 is 1.92. The fourth-order valence-electron chi connectivity index (χ4n) is 3.10. The minimum atomic E-state index is -0.0779. The third-order valence-corrected chi connectivity index (χ3v) is 4.62. The van der Waals surface area contributed by atoms with Crippen molar-refractivity contribution in [1.82, 2.24) is 19.4 Å². The Morgan fingerprint density at radius 3 is 2.68 bits per heavy atom. The number of anilines is 1. The Hall–Kier alpha value is -3.92. The molecule has 0 aliphatic carbocycles. The minimum absolute atomic E-state index is 0.0779. The van der Waals surface area contributed by atoms with Crippen LogP contribution in [0.3, 0.4) is 0 Å². The molecular weight excluding hydrogens is 352 g/mol. The molecule has 0 aliphatic rings. The van der Waals surface area contributed by atoms with Gasteiger partial charge in [-0.25, -0.2) is 15.0 Å². The molecule has 4 aromatic rings. The lowest BCUT2D eigenvalue weighted by Crippen LogP contribution is -2.10. The van der Waals surface area contributed by atoms with Crippen molar-refractivity contribution < 1.29 is 5.11 Å². The summed E-state index contributed by atoms with van der Waals surface area (Å²) in [5.41, 5.74) is 4.49. The van der Waals surface area contributed by atoms with Crippen molar-refractivity contribution in [3.63, 3.8) is 0 Å². The molecule has 7 nitrogen and oxygen atoms in total. The van der Waals surface area contributed by atoms with Crippen molar-refractivity contribution in [2.24, 2.45) is 0 Å². The number of pyridine rings is 1. The number of aromatic nitrogens is 4. The molecule has 3 heterocycles. The Kier molecular flexibility index (Phi) is 4.38. The van der Waals surface area contributed by atoms with Crippen LogP contribution in [0.25, 0.3) is 17.0 Å². The van der Waals surface area contributed by atoms with Crippen molar-refractivity contribution in [2.75, 3.05) is 5.32 Å². The predicted octanol–water partition coefficient (Wildman–Crippen LogP) is 3.85. The first-order chi connectivity index (χ1) is 13.6. The summed E-state index contributed by atoms with van der Waals surface area (Å²) in [6.07, 6.45) is 5.14. The van der Waals surface area contributed by atoms with Gasteiger partial charge in [0.2, 0.25) is 5.95 Å². The number of fused-ring (bicyclic) bond motifs is 1. The number of phenols is 1. The molecule has 138 valence electrons. The van der Waals surface area contributed by atoms with E-state index in [9.17, 15) is 10.4 Å². The van der Waals surface area contributed by atoms with Gasteiger partial charge >= 0.3 is 0 Å². The molecule has 0 radical (unpaired) electrons. The Labute approximate surface area is 162 Å². The van der Waals surface area contributed by atoms with Crippen LogP contribution in [-0.2, 0) is 0 Å². The zero-order valence-electron chi connectivity index (χ0n) is 15.5. The summed E-state index contributed by atoms with van der Waals surface area (Å²) in [7, 11) is 0. The summed E-state index contributed by atoms with van der Waals surface area (Å²) in [4.78, 5) is 13.3. The zero-order valence-corrected chi connectivity index (χ0v) is 15.5. The quantitative estimate of drug-likeness (QED) is 0.566. The molecular formula is C21H18N6O. The summed E-state index contributed by atoms with van der Waals surface area (Å²) >= 11 is 0. The second-order valence-corrected chi connectivity index (χ2v) is 6.55. The van der Waals surface area contributed by atoms with Crippen molar-refractivity contribution in [3.05, 3.63) is 71.7 Å². The van der Waals surface area contributed by atoms with Gasteiger partial charge in [-0.1, -0.05) is 18.2 Å². The van der Waals surface area contributed by atoms with E-state index in [1.807, 2.05) is 48.7 Å². The first-order valence-electron chi connectivity index (χ1n) is 8.82. The monoisotopic (exact) mass is 370 g/mol. The Balaban J connectivity index is 1.73. The van der Waals surface area contributed by atoms with E-state index in [-0.39, 0.29) is 11.8 Å². The first-order valence-corrected chi connectivity index (χ1v) is 8.82. The van der Waals surface area contributed by atoms with E-state index in [4.69, 9.17) is 0 Å². The number of imidazole rings is 1. The molecule has 1 atom stereocenters. The average molecular weight is 370 g/mol. The maximum absolute atomic E-state index is 9.52. The number of aryl methyl sites for hydroxylation is 1. The van der Waals surface area contributed by atoms with Crippen LogP contribution in [0.1, 0.15) is 29.7 Å². The fourth-order valence-corrected chi connectivity index (χ4v) is 3.10. The smallest absolute Gasteiger partial charge is 0.223 e. The number of benzene rings is 1. The van der Waals surface area contributed by atoms with E-state index in [0.29, 0.717) is 17.2 Å². The lowest BCUT2D eigenvalue weighted by molar-refractivity contribution is 0.475. The third kappa shape index (κ3) is 3.12. The Bertz CT molecular complexity index is 1190. The van der Waals surface area contributed by atoms with Gasteiger partial charge in [0.15, 0.2) is 0 Å². The van der Waals surface area contributed by atoms with Crippen LogP contribution >= 0.6 is 0 Å². The summed E-state index contributed by atoms with van der Waals surface area (Å²) in [5, 5.41) is 22.2. The normalized spacial score (nSPS) is 11.9. The molecule has 0 fully saturated rings. The molecule has 28 heavy (non-hydrogen) atoms. The van der Waals surface area contributed by atoms with Crippen molar-refractivity contribution in [2.45, 2.75) is 19.9 Å². The maximum atomic E-state index is 9.52. The van der Waals surface area contributed by atoms with E-state index in [1.165, 1.54) is 6.20 Å². The number of phenolic OH excluding ortho intramolecular Hbond substituents is 1. The van der Waals surface area contributed by atoms with Gasteiger partial charge in [-0.05, 0) is 43.2 Å². The Morgan fingerprint density at radius 2 is 1.93 bits per heavy atom. The number of aromatic hydroxyl groups is 1. The molecule has 0 spiro atoms. The highest BCUT2D eigenvalue weighted by Crippen LogP contribution is 2.26. The number of nitrogens with zero attached hydrogens (tertiary/aromatic N) is 5. The highest BCUT2D eigenvalue weighted by Gasteiger charge is 2.16. The van der Waals surface area contributed by atoms with Crippen LogP contribution in [0.15, 0.2) is 55.0 Å². The zero-order chi connectivity index (χ0) is 19.7. The lowest BCUT2D eigenvalue weighted by atomic mass is 10.1. The molecule has 4 rings (SSSR count). The van der Waals surface area contributed by atoms with Crippen molar-refractivity contribution >= 4 is 11.6 Å². The number of nitriles is 1. The van der Waals surface area contributed by atoms with Gasteiger partial charge in [-0.3, -0.25) is 4.40 Å². The van der Waals surface area contributed by atoms with Gasteiger partial charge < -0.3 is 10.4 Å². The molecule has 0 saturated heterocycles. The lowest BCUT2D eigenvalue weighted by Gasteiger charge is -2.15.